The van der Waals surface area contributed by atoms with Gasteiger partial charge in [-0.25, -0.2) is 0 Å². The van der Waals surface area contributed by atoms with Gasteiger partial charge < -0.3 is 24.4 Å². The van der Waals surface area contributed by atoms with Gasteiger partial charge in [-0.2, -0.15) is 0 Å². The normalized spacial score (nSPS) is 39.0. The Bertz CT molecular complexity index is 1220. The van der Waals surface area contributed by atoms with Crippen molar-refractivity contribution in [1.29, 1.82) is 0 Å². The van der Waals surface area contributed by atoms with Gasteiger partial charge in [-0.15, -0.1) is 0 Å². The molecule has 2 aromatic carbocycles. The Morgan fingerprint density at radius 1 is 0.600 bits per heavy atom. The van der Waals surface area contributed by atoms with Crippen LogP contribution in [0.4, 0.5) is 0 Å². The molecule has 9 heteroatoms. The molecule has 8 unspecified atom stereocenters. The van der Waals surface area contributed by atoms with E-state index < -0.39 is 0 Å². The van der Waals surface area contributed by atoms with Gasteiger partial charge in [-0.1, -0.05) is 60.7 Å². The Morgan fingerprint density at radius 2 is 0.978 bits per heavy atom. The van der Waals surface area contributed by atoms with E-state index in [9.17, 15) is 9.59 Å². The molecule has 244 valence electrons. The highest BCUT2D eigenvalue weighted by Gasteiger charge is 2.59. The average Bonchev–Trinajstić information content (AvgIpc) is 3.40. The topological polar surface area (TPSA) is 109 Å². The molecule has 7 rings (SSSR count). The van der Waals surface area contributed by atoms with Crippen LogP contribution in [0, 0.1) is 0 Å². The summed E-state index contributed by atoms with van der Waals surface area (Å²) in [5.74, 6) is -0.562. The third-order valence-corrected chi connectivity index (χ3v) is 11.3. The number of fused-ring (bicyclic) bond motifs is 4. The van der Waals surface area contributed by atoms with Crippen molar-refractivity contribution in [3.05, 3.63) is 71.8 Å². The second kappa shape index (κ2) is 13.1. The number of likely N-dealkylation sites (N-methyl/N-ethyl adjacent to an activating group) is 2. The maximum absolute atomic E-state index is 12.3. The van der Waals surface area contributed by atoms with E-state index in [2.05, 4.69) is 72.4 Å². The van der Waals surface area contributed by atoms with Gasteiger partial charge in [0.1, 0.15) is 12.2 Å². The Morgan fingerprint density at radius 3 is 1.33 bits per heavy atom. The van der Waals surface area contributed by atoms with Crippen LogP contribution in [0.15, 0.2) is 60.7 Å². The van der Waals surface area contributed by atoms with Gasteiger partial charge in [0.05, 0.1) is 24.4 Å². The van der Waals surface area contributed by atoms with Crippen molar-refractivity contribution < 1.29 is 34.0 Å². The zero-order chi connectivity index (χ0) is 30.5. The molecule has 2 N–H and O–H groups in total. The minimum absolute atomic E-state index is 0. The summed E-state index contributed by atoms with van der Waals surface area (Å²) in [5.41, 5.74) is 2.35. The molecule has 45 heavy (non-hydrogen) atoms. The van der Waals surface area contributed by atoms with Gasteiger partial charge in [-0.3, -0.25) is 19.4 Å². The zero-order valence-corrected chi connectivity index (χ0v) is 26.8. The largest absolute Gasteiger partial charge is 0.458 e. The van der Waals surface area contributed by atoms with Crippen LogP contribution in [-0.2, 0) is 28.5 Å². The van der Waals surface area contributed by atoms with Crippen LogP contribution in [-0.4, -0.2) is 102 Å². The van der Waals surface area contributed by atoms with Gasteiger partial charge in [0.2, 0.25) is 0 Å². The van der Waals surface area contributed by atoms with Crippen LogP contribution >= 0.6 is 0 Å². The number of carbonyl (C=O) groups excluding carboxylic acids is 2. The van der Waals surface area contributed by atoms with Crippen molar-refractivity contribution in [3.8, 4) is 0 Å². The SMILES string of the molecule is CC(=O)OC1C(OC2C(c3ccccc3)C(OC3CC4CCC(C3OC(C)=O)N4C)C2c2ccccc2)CC2CCC1N2C.O. The van der Waals surface area contributed by atoms with Gasteiger partial charge in [0, 0.05) is 49.9 Å². The lowest BCUT2D eigenvalue weighted by molar-refractivity contribution is -0.231. The average molecular weight is 621 g/mol. The Labute approximate surface area is 266 Å². The summed E-state index contributed by atoms with van der Waals surface area (Å²) in [6, 6.07) is 22.2. The summed E-state index contributed by atoms with van der Waals surface area (Å²) < 4.78 is 26.4. The fourth-order valence-electron chi connectivity index (χ4n) is 9.23. The van der Waals surface area contributed by atoms with E-state index in [0.29, 0.717) is 12.1 Å². The standard InChI is InChI=1S/C36H46N2O6.H2O/c1-21(39)41-33-27-17-15-25(37(27)3)19-29(33)43-35-31(23-11-7-5-8-12-23)36(32(35)24-13-9-6-10-14-24)44-30-20-26-16-18-28(38(26)4)34(30)42-22(2)40;/h5-14,25-36H,15-20H2,1-4H3;1H2. The van der Waals surface area contributed by atoms with Gasteiger partial charge in [0.25, 0.3) is 0 Å². The molecule has 0 aromatic heterocycles. The Kier molecular flexibility index (Phi) is 9.37. The predicted molar refractivity (Wildman–Crippen MR) is 169 cm³/mol. The third-order valence-electron chi connectivity index (χ3n) is 11.3. The van der Waals surface area contributed by atoms with E-state index in [1.54, 1.807) is 0 Å². The summed E-state index contributed by atoms with van der Waals surface area (Å²) in [4.78, 5) is 29.3. The molecule has 0 spiro atoms. The molecular weight excluding hydrogens is 572 g/mol. The van der Waals surface area contributed by atoms with Crippen molar-refractivity contribution in [2.24, 2.45) is 0 Å². The quantitative estimate of drug-likeness (QED) is 0.410. The number of ether oxygens (including phenoxy) is 4. The molecule has 2 aromatic rings. The van der Waals surface area contributed by atoms with E-state index in [4.69, 9.17) is 18.9 Å². The Hall–Kier alpha value is -2.82. The number of hydrogen-bond donors (Lipinski definition) is 0. The van der Waals surface area contributed by atoms with E-state index in [-0.39, 0.29) is 78.0 Å². The maximum atomic E-state index is 12.3. The van der Waals surface area contributed by atoms with E-state index in [1.807, 2.05) is 12.1 Å². The van der Waals surface area contributed by atoms with E-state index in [0.717, 1.165) is 38.5 Å². The van der Waals surface area contributed by atoms with Gasteiger partial charge in [0.15, 0.2) is 0 Å². The van der Waals surface area contributed by atoms with Crippen molar-refractivity contribution >= 4 is 11.9 Å². The molecule has 5 aliphatic rings. The zero-order valence-electron chi connectivity index (χ0n) is 26.8. The Balaban J connectivity index is 0.00000357. The molecule has 4 bridgehead atoms. The molecule has 1 saturated carbocycles. The summed E-state index contributed by atoms with van der Waals surface area (Å²) >= 11 is 0. The summed E-state index contributed by atoms with van der Waals surface area (Å²) in [6.07, 6.45) is 4.57. The summed E-state index contributed by atoms with van der Waals surface area (Å²) in [7, 11) is 4.30. The van der Waals surface area contributed by atoms with Crippen LogP contribution in [0.2, 0.25) is 0 Å². The molecule has 4 heterocycles. The van der Waals surface area contributed by atoms with Gasteiger partial charge in [-0.05, 0) is 63.7 Å². The number of esters is 2. The first-order valence-corrected chi connectivity index (χ1v) is 16.5. The minimum atomic E-state index is -0.304. The first-order valence-electron chi connectivity index (χ1n) is 16.5. The van der Waals surface area contributed by atoms with Crippen LogP contribution < -0.4 is 0 Å². The van der Waals surface area contributed by atoms with Crippen LogP contribution in [0.3, 0.4) is 0 Å². The van der Waals surface area contributed by atoms with Crippen molar-refractivity contribution in [2.75, 3.05) is 14.1 Å². The predicted octanol–water partition coefficient (Wildman–Crippen LogP) is 3.85. The van der Waals surface area contributed by atoms with E-state index in [1.165, 1.54) is 25.0 Å². The first-order chi connectivity index (χ1) is 21.3. The maximum Gasteiger partial charge on any atom is 0.303 e. The molecular formula is C36H48N2O7. The summed E-state index contributed by atoms with van der Waals surface area (Å²) in [5, 5.41) is 0. The lowest BCUT2D eigenvalue weighted by Gasteiger charge is -2.56. The second-order valence-corrected chi connectivity index (χ2v) is 13.7. The van der Waals surface area contributed by atoms with Crippen LogP contribution in [0.5, 0.6) is 0 Å². The van der Waals surface area contributed by atoms with Crippen LogP contribution in [0.25, 0.3) is 0 Å². The smallest absolute Gasteiger partial charge is 0.303 e. The highest BCUT2D eigenvalue weighted by molar-refractivity contribution is 5.66. The highest BCUT2D eigenvalue weighted by Crippen LogP contribution is 2.54. The molecule has 1 aliphatic carbocycles. The monoisotopic (exact) mass is 620 g/mol. The van der Waals surface area contributed by atoms with Crippen molar-refractivity contribution in [3.63, 3.8) is 0 Å². The fraction of sp³-hybridized carbons (Fsp3) is 0.611. The van der Waals surface area contributed by atoms with Crippen LogP contribution in [0.1, 0.15) is 75.3 Å². The minimum Gasteiger partial charge on any atom is -0.458 e. The lowest BCUT2D eigenvalue weighted by Crippen LogP contribution is -2.62. The van der Waals surface area contributed by atoms with Crippen molar-refractivity contribution in [1.82, 2.24) is 9.80 Å². The number of piperidine rings is 2. The molecule has 8 atom stereocenters. The second-order valence-electron chi connectivity index (χ2n) is 13.7. The number of hydrogen-bond acceptors (Lipinski definition) is 8. The number of rotatable bonds is 8. The summed E-state index contributed by atoms with van der Waals surface area (Å²) in [6.45, 7) is 3.00. The molecule has 9 nitrogen and oxygen atoms in total. The van der Waals surface area contributed by atoms with Crippen molar-refractivity contribution in [2.45, 2.75) is 125 Å². The highest BCUT2D eigenvalue weighted by atomic mass is 16.6. The number of carbonyl (C=O) groups is 2. The molecule has 4 aliphatic heterocycles. The number of benzene rings is 2. The molecule has 5 fully saturated rings. The number of nitrogens with zero attached hydrogens (tertiary/aromatic N) is 2. The molecule has 0 radical (unpaired) electrons. The van der Waals surface area contributed by atoms with Gasteiger partial charge >= 0.3 is 11.9 Å². The molecule has 0 amide bonds. The fourth-order valence-corrected chi connectivity index (χ4v) is 9.23. The third kappa shape index (κ3) is 5.94. The first kappa shape index (κ1) is 32.1. The lowest BCUT2D eigenvalue weighted by atomic mass is 9.62. The molecule has 4 saturated heterocycles. The van der Waals surface area contributed by atoms with E-state index >= 15 is 0 Å².